The third-order valence-electron chi connectivity index (χ3n) is 2.28. The molecule has 1 aromatic carbocycles. The topological polar surface area (TPSA) is 35.0 Å². The third-order valence-corrected chi connectivity index (χ3v) is 2.28. The fourth-order valence-electron chi connectivity index (χ4n) is 1.42. The van der Waals surface area contributed by atoms with Crippen molar-refractivity contribution in [2.24, 2.45) is 0 Å². The summed E-state index contributed by atoms with van der Waals surface area (Å²) in [7, 11) is 1.64. The van der Waals surface area contributed by atoms with Crippen LogP contribution in [0.1, 0.15) is 5.56 Å². The fraction of sp³-hybridized carbons (Fsp3) is 0.0769. The van der Waals surface area contributed by atoms with E-state index in [4.69, 9.17) is 4.74 Å². The molecular weight excluding hydrogens is 200 g/mol. The summed E-state index contributed by atoms with van der Waals surface area (Å²) < 4.78 is 5.16. The van der Waals surface area contributed by atoms with Gasteiger partial charge in [-0.2, -0.15) is 10.2 Å². The van der Waals surface area contributed by atoms with Crippen LogP contribution in [0.5, 0.6) is 5.75 Å². The zero-order chi connectivity index (χ0) is 11.4. The Kier molecular flexibility index (Phi) is 2.96. The SMILES string of the molecule is C=Cc1cnnc(-c2cccc(OC)c2)c1. The largest absolute Gasteiger partial charge is 0.497 e. The summed E-state index contributed by atoms with van der Waals surface area (Å²) in [5, 5.41) is 8.00. The molecule has 2 aromatic rings. The van der Waals surface area contributed by atoms with Crippen molar-refractivity contribution in [3.63, 3.8) is 0 Å². The van der Waals surface area contributed by atoms with Gasteiger partial charge in [0.05, 0.1) is 19.0 Å². The van der Waals surface area contributed by atoms with E-state index in [1.807, 2.05) is 30.3 Å². The Hall–Kier alpha value is -2.16. The van der Waals surface area contributed by atoms with Crippen LogP contribution in [0.25, 0.3) is 17.3 Å². The molecule has 0 atom stereocenters. The van der Waals surface area contributed by atoms with Crippen LogP contribution in [0.15, 0.2) is 43.1 Å². The lowest BCUT2D eigenvalue weighted by Crippen LogP contribution is -1.89. The van der Waals surface area contributed by atoms with Crippen molar-refractivity contribution >= 4 is 6.08 Å². The van der Waals surface area contributed by atoms with Gasteiger partial charge >= 0.3 is 0 Å². The molecule has 0 unspecified atom stereocenters. The molecule has 0 N–H and O–H groups in total. The van der Waals surface area contributed by atoms with Gasteiger partial charge in [0.2, 0.25) is 0 Å². The van der Waals surface area contributed by atoms with Gasteiger partial charge in [0.15, 0.2) is 0 Å². The van der Waals surface area contributed by atoms with E-state index in [9.17, 15) is 0 Å². The number of hydrogen-bond acceptors (Lipinski definition) is 3. The number of hydrogen-bond donors (Lipinski definition) is 0. The average Bonchev–Trinajstić information content (AvgIpc) is 2.39. The first-order valence-corrected chi connectivity index (χ1v) is 4.93. The van der Waals surface area contributed by atoms with Gasteiger partial charge in [-0.05, 0) is 23.8 Å². The summed E-state index contributed by atoms with van der Waals surface area (Å²) in [6.45, 7) is 3.71. The maximum atomic E-state index is 5.16. The predicted octanol–water partition coefficient (Wildman–Crippen LogP) is 2.80. The van der Waals surface area contributed by atoms with Crippen LogP contribution in [0.2, 0.25) is 0 Å². The second-order valence-electron chi connectivity index (χ2n) is 3.31. The van der Waals surface area contributed by atoms with E-state index in [1.165, 1.54) is 0 Å². The molecule has 80 valence electrons. The highest BCUT2D eigenvalue weighted by molar-refractivity contribution is 5.63. The van der Waals surface area contributed by atoms with Crippen molar-refractivity contribution in [2.75, 3.05) is 7.11 Å². The average molecular weight is 212 g/mol. The van der Waals surface area contributed by atoms with E-state index >= 15 is 0 Å². The smallest absolute Gasteiger partial charge is 0.119 e. The number of ether oxygens (including phenoxy) is 1. The molecule has 0 amide bonds. The molecule has 0 saturated heterocycles. The molecule has 0 saturated carbocycles. The van der Waals surface area contributed by atoms with Gasteiger partial charge in [0.25, 0.3) is 0 Å². The van der Waals surface area contributed by atoms with Gasteiger partial charge in [-0.15, -0.1) is 0 Å². The quantitative estimate of drug-likeness (QED) is 0.784. The standard InChI is InChI=1S/C13H12N2O/c1-3-10-7-13(15-14-9-10)11-5-4-6-12(8-11)16-2/h3-9H,1H2,2H3. The molecule has 0 aliphatic carbocycles. The van der Waals surface area contributed by atoms with Gasteiger partial charge < -0.3 is 4.74 Å². The molecule has 0 aliphatic heterocycles. The van der Waals surface area contributed by atoms with E-state index in [0.29, 0.717) is 0 Å². The van der Waals surface area contributed by atoms with Crippen LogP contribution in [0, 0.1) is 0 Å². The lowest BCUT2D eigenvalue weighted by Gasteiger charge is -2.03. The van der Waals surface area contributed by atoms with Crippen LogP contribution in [0.3, 0.4) is 0 Å². The Balaban J connectivity index is 2.45. The minimum atomic E-state index is 0.809. The van der Waals surface area contributed by atoms with E-state index in [1.54, 1.807) is 19.4 Å². The van der Waals surface area contributed by atoms with E-state index in [2.05, 4.69) is 16.8 Å². The summed E-state index contributed by atoms with van der Waals surface area (Å²) >= 11 is 0. The van der Waals surface area contributed by atoms with E-state index in [0.717, 1.165) is 22.6 Å². The molecule has 0 aliphatic rings. The first-order valence-electron chi connectivity index (χ1n) is 4.93. The summed E-state index contributed by atoms with van der Waals surface area (Å²) in [6, 6.07) is 9.66. The zero-order valence-electron chi connectivity index (χ0n) is 9.05. The van der Waals surface area contributed by atoms with Crippen LogP contribution in [0.4, 0.5) is 0 Å². The Morgan fingerprint density at radius 2 is 2.19 bits per heavy atom. The van der Waals surface area contributed by atoms with Crippen molar-refractivity contribution in [3.8, 4) is 17.0 Å². The third kappa shape index (κ3) is 2.08. The van der Waals surface area contributed by atoms with Gasteiger partial charge in [0, 0.05) is 5.56 Å². The molecule has 0 radical (unpaired) electrons. The van der Waals surface area contributed by atoms with E-state index in [-0.39, 0.29) is 0 Å². The minimum Gasteiger partial charge on any atom is -0.497 e. The summed E-state index contributed by atoms with van der Waals surface area (Å²) in [5.74, 6) is 0.809. The van der Waals surface area contributed by atoms with Crippen molar-refractivity contribution in [2.45, 2.75) is 0 Å². The molecule has 3 heteroatoms. The monoisotopic (exact) mass is 212 g/mol. The maximum absolute atomic E-state index is 5.16. The molecule has 1 aromatic heterocycles. The number of methoxy groups -OCH3 is 1. The summed E-state index contributed by atoms with van der Waals surface area (Å²) in [5.41, 5.74) is 2.75. The van der Waals surface area contributed by atoms with Crippen molar-refractivity contribution in [3.05, 3.63) is 48.7 Å². The molecule has 3 nitrogen and oxygen atoms in total. The molecule has 2 rings (SSSR count). The van der Waals surface area contributed by atoms with Crippen LogP contribution < -0.4 is 4.74 Å². The fourth-order valence-corrected chi connectivity index (χ4v) is 1.42. The molecule has 16 heavy (non-hydrogen) atoms. The van der Waals surface area contributed by atoms with Gasteiger partial charge in [-0.25, -0.2) is 0 Å². The van der Waals surface area contributed by atoms with E-state index < -0.39 is 0 Å². The molecular formula is C13H12N2O. The Morgan fingerprint density at radius 3 is 2.94 bits per heavy atom. The maximum Gasteiger partial charge on any atom is 0.119 e. The highest BCUT2D eigenvalue weighted by Crippen LogP contribution is 2.22. The molecule has 1 heterocycles. The Bertz CT molecular complexity index is 509. The number of aromatic nitrogens is 2. The highest BCUT2D eigenvalue weighted by Gasteiger charge is 2.01. The predicted molar refractivity (Wildman–Crippen MR) is 64.1 cm³/mol. The van der Waals surface area contributed by atoms with Crippen molar-refractivity contribution in [1.29, 1.82) is 0 Å². The van der Waals surface area contributed by atoms with Crippen LogP contribution in [-0.4, -0.2) is 17.3 Å². The van der Waals surface area contributed by atoms with Gasteiger partial charge in [0.1, 0.15) is 5.75 Å². The molecule has 0 fully saturated rings. The lowest BCUT2D eigenvalue weighted by molar-refractivity contribution is 0.415. The first kappa shape index (κ1) is 10.4. The highest BCUT2D eigenvalue weighted by atomic mass is 16.5. The van der Waals surface area contributed by atoms with Crippen LogP contribution >= 0.6 is 0 Å². The number of benzene rings is 1. The zero-order valence-corrected chi connectivity index (χ0v) is 9.05. The number of rotatable bonds is 3. The summed E-state index contributed by atoms with van der Waals surface area (Å²) in [6.07, 6.45) is 3.43. The first-order chi connectivity index (χ1) is 7.83. The van der Waals surface area contributed by atoms with Gasteiger partial charge in [-0.3, -0.25) is 0 Å². The van der Waals surface area contributed by atoms with Gasteiger partial charge in [-0.1, -0.05) is 24.8 Å². The molecule has 0 bridgehead atoms. The number of nitrogens with zero attached hydrogens (tertiary/aromatic N) is 2. The van der Waals surface area contributed by atoms with Crippen molar-refractivity contribution < 1.29 is 4.74 Å². The second-order valence-corrected chi connectivity index (χ2v) is 3.31. The Labute approximate surface area is 94.4 Å². The normalized spacial score (nSPS) is 9.81. The Morgan fingerprint density at radius 1 is 1.31 bits per heavy atom. The minimum absolute atomic E-state index is 0.809. The summed E-state index contributed by atoms with van der Waals surface area (Å²) in [4.78, 5) is 0. The second kappa shape index (κ2) is 4.57. The lowest BCUT2D eigenvalue weighted by atomic mass is 10.1. The molecule has 0 spiro atoms. The van der Waals surface area contributed by atoms with Crippen molar-refractivity contribution in [1.82, 2.24) is 10.2 Å². The van der Waals surface area contributed by atoms with Crippen LogP contribution in [-0.2, 0) is 0 Å².